The summed E-state index contributed by atoms with van der Waals surface area (Å²) in [4.78, 5) is 0. The second-order valence-corrected chi connectivity index (χ2v) is 5.74. The molecule has 2 unspecified atom stereocenters. The smallest absolute Gasteiger partial charge is 0.124 e. The van der Waals surface area contributed by atoms with Crippen LogP contribution in [0.2, 0.25) is 0 Å². The lowest BCUT2D eigenvalue weighted by molar-refractivity contribution is 0.0786. The Bertz CT molecular complexity index is 666. The number of aliphatic hydroxyl groups excluding tert-OH is 2. The molecule has 2 N–H and O–H groups in total. The topological polar surface area (TPSA) is 58.9 Å². The lowest BCUT2D eigenvalue weighted by Gasteiger charge is -2.20. The van der Waals surface area contributed by atoms with Gasteiger partial charge in [-0.25, -0.2) is 0 Å². The Labute approximate surface area is 137 Å². The molecule has 4 nitrogen and oxygen atoms in total. The van der Waals surface area contributed by atoms with E-state index in [0.29, 0.717) is 11.3 Å². The molecule has 124 valence electrons. The molecule has 0 heterocycles. The van der Waals surface area contributed by atoms with Crippen molar-refractivity contribution in [3.63, 3.8) is 0 Å². The minimum absolute atomic E-state index is 0.201. The van der Waals surface area contributed by atoms with Crippen molar-refractivity contribution in [2.45, 2.75) is 32.5 Å². The summed E-state index contributed by atoms with van der Waals surface area (Å²) in [6.45, 7) is 3.88. The molecule has 0 aromatic heterocycles. The Kier molecular flexibility index (Phi) is 5.64. The molecule has 0 aliphatic rings. The van der Waals surface area contributed by atoms with Crippen LogP contribution in [0, 0.1) is 13.8 Å². The maximum Gasteiger partial charge on any atom is 0.124 e. The maximum absolute atomic E-state index is 10.5. The number of methoxy groups -OCH3 is 2. The molecule has 4 heteroatoms. The quantitative estimate of drug-likeness (QED) is 0.856. The third-order valence-corrected chi connectivity index (χ3v) is 4.03. The van der Waals surface area contributed by atoms with Crippen LogP contribution in [0.1, 0.15) is 40.9 Å². The van der Waals surface area contributed by atoms with Crippen molar-refractivity contribution in [3.8, 4) is 11.5 Å². The van der Waals surface area contributed by atoms with Crippen molar-refractivity contribution in [2.75, 3.05) is 14.2 Å². The Morgan fingerprint density at radius 3 is 2.13 bits per heavy atom. The summed E-state index contributed by atoms with van der Waals surface area (Å²) in [5.74, 6) is 1.38. The number of aliphatic hydroxyl groups is 2. The average molecular weight is 316 g/mol. The van der Waals surface area contributed by atoms with Crippen LogP contribution < -0.4 is 9.47 Å². The van der Waals surface area contributed by atoms with Crippen molar-refractivity contribution in [2.24, 2.45) is 0 Å². The molecule has 0 saturated heterocycles. The van der Waals surface area contributed by atoms with Crippen LogP contribution >= 0.6 is 0 Å². The Hall–Kier alpha value is -2.04. The second-order valence-electron chi connectivity index (χ2n) is 5.74. The normalized spacial score (nSPS) is 13.5. The Morgan fingerprint density at radius 2 is 1.52 bits per heavy atom. The zero-order valence-electron chi connectivity index (χ0n) is 14.0. The van der Waals surface area contributed by atoms with Gasteiger partial charge in [0.15, 0.2) is 0 Å². The first-order valence-electron chi connectivity index (χ1n) is 7.61. The van der Waals surface area contributed by atoms with Gasteiger partial charge in [0, 0.05) is 12.0 Å². The van der Waals surface area contributed by atoms with E-state index in [1.807, 2.05) is 50.2 Å². The molecule has 0 bridgehead atoms. The molecule has 2 atom stereocenters. The van der Waals surface area contributed by atoms with E-state index < -0.39 is 12.2 Å². The van der Waals surface area contributed by atoms with Gasteiger partial charge in [-0.3, -0.25) is 0 Å². The standard InChI is InChI=1S/C19H24O4/c1-12-5-7-16(19(9-12)23-4)18(21)11-17(20)15-8-6-14(22-3)10-13(15)2/h5-10,17-18,20-21H,11H2,1-4H3. The zero-order valence-corrected chi connectivity index (χ0v) is 14.0. The monoisotopic (exact) mass is 316 g/mol. The second kappa shape index (κ2) is 7.49. The zero-order chi connectivity index (χ0) is 17.0. The lowest BCUT2D eigenvalue weighted by Crippen LogP contribution is -2.08. The van der Waals surface area contributed by atoms with E-state index in [0.717, 1.165) is 22.4 Å². The largest absolute Gasteiger partial charge is 0.497 e. The summed E-state index contributed by atoms with van der Waals surface area (Å²) in [5, 5.41) is 21.0. The Balaban J connectivity index is 2.18. The molecule has 0 aliphatic heterocycles. The van der Waals surface area contributed by atoms with Gasteiger partial charge >= 0.3 is 0 Å². The summed E-state index contributed by atoms with van der Waals surface area (Å²) < 4.78 is 10.5. The summed E-state index contributed by atoms with van der Waals surface area (Å²) in [5.41, 5.74) is 3.46. The van der Waals surface area contributed by atoms with Gasteiger partial charge < -0.3 is 19.7 Å². The van der Waals surface area contributed by atoms with Crippen LogP contribution in [0.3, 0.4) is 0 Å². The average Bonchev–Trinajstić information content (AvgIpc) is 2.54. The van der Waals surface area contributed by atoms with E-state index in [4.69, 9.17) is 9.47 Å². The van der Waals surface area contributed by atoms with Crippen molar-refractivity contribution >= 4 is 0 Å². The first-order chi connectivity index (χ1) is 11.0. The highest BCUT2D eigenvalue weighted by Gasteiger charge is 2.20. The summed E-state index contributed by atoms with van der Waals surface area (Å²) in [6.07, 6.45) is -1.36. The summed E-state index contributed by atoms with van der Waals surface area (Å²) in [7, 11) is 3.19. The van der Waals surface area contributed by atoms with Crippen LogP contribution in [0.25, 0.3) is 0 Å². The third kappa shape index (κ3) is 4.03. The fourth-order valence-electron chi connectivity index (χ4n) is 2.71. The summed E-state index contributed by atoms with van der Waals surface area (Å²) in [6, 6.07) is 11.2. The first kappa shape index (κ1) is 17.3. The lowest BCUT2D eigenvalue weighted by atomic mass is 9.95. The van der Waals surface area contributed by atoms with Gasteiger partial charge in [-0.15, -0.1) is 0 Å². The van der Waals surface area contributed by atoms with Crippen LogP contribution in [0.4, 0.5) is 0 Å². The number of hydrogen-bond acceptors (Lipinski definition) is 4. The van der Waals surface area contributed by atoms with E-state index in [1.54, 1.807) is 14.2 Å². The van der Waals surface area contributed by atoms with Crippen LogP contribution in [0.5, 0.6) is 11.5 Å². The maximum atomic E-state index is 10.5. The molecule has 23 heavy (non-hydrogen) atoms. The fraction of sp³-hybridized carbons (Fsp3) is 0.368. The van der Waals surface area contributed by atoms with E-state index in [1.165, 1.54) is 0 Å². The van der Waals surface area contributed by atoms with E-state index in [2.05, 4.69) is 0 Å². The van der Waals surface area contributed by atoms with Crippen molar-refractivity contribution < 1.29 is 19.7 Å². The van der Waals surface area contributed by atoms with Gasteiger partial charge in [0.2, 0.25) is 0 Å². The highest BCUT2D eigenvalue weighted by atomic mass is 16.5. The van der Waals surface area contributed by atoms with E-state index in [9.17, 15) is 10.2 Å². The predicted octanol–water partition coefficient (Wildman–Crippen LogP) is 3.48. The SMILES string of the molecule is COc1ccc(C(O)CC(O)c2ccc(C)cc2OC)c(C)c1. The van der Waals surface area contributed by atoms with Gasteiger partial charge in [0.05, 0.1) is 26.4 Å². The summed E-state index contributed by atoms with van der Waals surface area (Å²) >= 11 is 0. The van der Waals surface area contributed by atoms with Gasteiger partial charge in [-0.1, -0.05) is 18.2 Å². The highest BCUT2D eigenvalue weighted by molar-refractivity contribution is 5.39. The Morgan fingerprint density at radius 1 is 0.870 bits per heavy atom. The minimum atomic E-state index is -0.804. The molecule has 0 radical (unpaired) electrons. The highest BCUT2D eigenvalue weighted by Crippen LogP contribution is 2.34. The predicted molar refractivity (Wildman–Crippen MR) is 90.0 cm³/mol. The number of rotatable bonds is 6. The molecule has 2 rings (SSSR count). The fourth-order valence-corrected chi connectivity index (χ4v) is 2.71. The van der Waals surface area contributed by atoms with Gasteiger partial charge in [-0.2, -0.15) is 0 Å². The van der Waals surface area contributed by atoms with Crippen LogP contribution in [-0.4, -0.2) is 24.4 Å². The van der Waals surface area contributed by atoms with Gasteiger partial charge in [0.1, 0.15) is 11.5 Å². The molecular formula is C19H24O4. The molecule has 2 aromatic rings. The molecular weight excluding hydrogens is 292 g/mol. The first-order valence-corrected chi connectivity index (χ1v) is 7.61. The molecule has 0 aliphatic carbocycles. The molecule has 0 fully saturated rings. The van der Waals surface area contributed by atoms with Gasteiger partial charge in [-0.05, 0) is 48.7 Å². The van der Waals surface area contributed by atoms with Crippen molar-refractivity contribution in [1.82, 2.24) is 0 Å². The molecule has 2 aromatic carbocycles. The van der Waals surface area contributed by atoms with Crippen LogP contribution in [-0.2, 0) is 0 Å². The number of ether oxygens (including phenoxy) is 2. The van der Waals surface area contributed by atoms with Crippen molar-refractivity contribution in [1.29, 1.82) is 0 Å². The molecule has 0 saturated carbocycles. The van der Waals surface area contributed by atoms with E-state index >= 15 is 0 Å². The number of benzene rings is 2. The minimum Gasteiger partial charge on any atom is -0.497 e. The number of hydrogen-bond donors (Lipinski definition) is 2. The number of aryl methyl sites for hydroxylation is 2. The van der Waals surface area contributed by atoms with Gasteiger partial charge in [0.25, 0.3) is 0 Å². The van der Waals surface area contributed by atoms with Crippen molar-refractivity contribution in [3.05, 3.63) is 58.7 Å². The van der Waals surface area contributed by atoms with Crippen LogP contribution in [0.15, 0.2) is 36.4 Å². The molecule has 0 spiro atoms. The molecule has 0 amide bonds. The van der Waals surface area contributed by atoms with E-state index in [-0.39, 0.29) is 6.42 Å². The third-order valence-electron chi connectivity index (χ3n) is 4.03.